The van der Waals surface area contributed by atoms with Gasteiger partial charge in [0.25, 0.3) is 0 Å². The normalized spacial score (nSPS) is 12.3. The highest BCUT2D eigenvalue weighted by atomic mass is 16.4. The lowest BCUT2D eigenvalue weighted by molar-refractivity contribution is -0.145. The Kier molecular flexibility index (Phi) is 7.50. The number of aliphatic carboxylic acids is 2. The summed E-state index contributed by atoms with van der Waals surface area (Å²) in [5.41, 5.74) is 0. The molecule has 19 heavy (non-hydrogen) atoms. The smallest absolute Gasteiger partial charge is 0.326 e. The first-order chi connectivity index (χ1) is 8.73. The van der Waals surface area contributed by atoms with Crippen molar-refractivity contribution < 1.29 is 24.6 Å². The third kappa shape index (κ3) is 7.98. The minimum Gasteiger partial charge on any atom is -0.481 e. The first kappa shape index (κ1) is 17.2. The predicted molar refractivity (Wildman–Crippen MR) is 68.0 cm³/mol. The summed E-state index contributed by atoms with van der Waals surface area (Å²) in [4.78, 5) is 34.6. The molecule has 110 valence electrons. The van der Waals surface area contributed by atoms with E-state index in [9.17, 15) is 14.4 Å². The fraction of sp³-hybridized carbons (Fsp3) is 0.727. The number of urea groups is 1. The van der Waals surface area contributed by atoms with Gasteiger partial charge in [0, 0.05) is 19.1 Å². The molecule has 0 rings (SSSR count). The van der Waals surface area contributed by atoms with Crippen LogP contribution in [0.3, 0.4) is 0 Å². The molecule has 0 aliphatic carbocycles. The maximum atomic E-state index is 11.4. The van der Waals surface area contributed by atoms with Crippen LogP contribution < -0.4 is 10.6 Å². The van der Waals surface area contributed by atoms with E-state index in [1.165, 1.54) is 0 Å². The molecule has 1 atom stereocenters. The van der Waals surface area contributed by atoms with Crippen LogP contribution >= 0.6 is 0 Å². The lowest BCUT2D eigenvalue weighted by Crippen LogP contribution is -2.48. The van der Waals surface area contributed by atoms with Gasteiger partial charge in [0.05, 0.1) is 6.42 Å². The van der Waals surface area contributed by atoms with Crippen LogP contribution in [-0.4, -0.2) is 65.3 Å². The zero-order valence-corrected chi connectivity index (χ0v) is 11.3. The standard InChI is InChI=1S/C11H21N3O5/c1-7(2)14(3)5-4-12-11(19)13-8(10(17)18)6-9(15)16/h7-8H,4-6H2,1-3H3,(H,15,16)(H,17,18)(H2,12,13,19)/t8-/m1/s1. The maximum Gasteiger partial charge on any atom is 0.326 e. The van der Waals surface area contributed by atoms with Gasteiger partial charge in [-0.25, -0.2) is 9.59 Å². The van der Waals surface area contributed by atoms with Gasteiger partial charge in [-0.2, -0.15) is 0 Å². The fourth-order valence-corrected chi connectivity index (χ4v) is 1.19. The zero-order chi connectivity index (χ0) is 15.0. The van der Waals surface area contributed by atoms with Crippen molar-refractivity contribution in [2.45, 2.75) is 32.4 Å². The Balaban J connectivity index is 4.07. The van der Waals surface area contributed by atoms with E-state index in [0.717, 1.165) is 0 Å². The quantitative estimate of drug-likeness (QED) is 0.476. The van der Waals surface area contributed by atoms with Gasteiger partial charge < -0.3 is 25.7 Å². The molecule has 0 bridgehead atoms. The number of carbonyl (C=O) groups is 3. The minimum atomic E-state index is -1.43. The molecule has 0 heterocycles. The Bertz CT molecular complexity index is 332. The molecule has 8 heteroatoms. The fourth-order valence-electron chi connectivity index (χ4n) is 1.19. The molecule has 0 unspecified atom stereocenters. The summed E-state index contributed by atoms with van der Waals surface area (Å²) < 4.78 is 0. The number of carboxylic acids is 2. The van der Waals surface area contributed by atoms with Gasteiger partial charge in [0.15, 0.2) is 0 Å². The molecule has 4 N–H and O–H groups in total. The van der Waals surface area contributed by atoms with Crippen molar-refractivity contribution in [3.63, 3.8) is 0 Å². The summed E-state index contributed by atoms with van der Waals surface area (Å²) in [5.74, 6) is -2.66. The number of nitrogens with zero attached hydrogens (tertiary/aromatic N) is 1. The van der Waals surface area contributed by atoms with E-state index in [0.29, 0.717) is 19.1 Å². The lowest BCUT2D eigenvalue weighted by Gasteiger charge is -2.21. The van der Waals surface area contributed by atoms with Crippen molar-refractivity contribution >= 4 is 18.0 Å². The predicted octanol–water partition coefficient (Wildman–Crippen LogP) is -0.446. The summed E-state index contributed by atoms with van der Waals surface area (Å²) in [7, 11) is 1.90. The van der Waals surface area contributed by atoms with Crippen LogP contribution in [-0.2, 0) is 9.59 Å². The van der Waals surface area contributed by atoms with Gasteiger partial charge in [-0.3, -0.25) is 4.79 Å². The molecule has 0 aromatic rings. The van der Waals surface area contributed by atoms with Gasteiger partial charge >= 0.3 is 18.0 Å². The summed E-state index contributed by atoms with van der Waals surface area (Å²) >= 11 is 0. The third-order valence-corrected chi connectivity index (χ3v) is 2.61. The van der Waals surface area contributed by atoms with Gasteiger partial charge in [0.2, 0.25) is 0 Å². The molecular formula is C11H21N3O5. The van der Waals surface area contributed by atoms with Crippen molar-refractivity contribution in [2.75, 3.05) is 20.1 Å². The number of carboxylic acid groups (broad SMARTS) is 2. The van der Waals surface area contributed by atoms with Gasteiger partial charge in [-0.1, -0.05) is 0 Å². The summed E-state index contributed by atoms with van der Waals surface area (Å²) in [6.07, 6.45) is -0.658. The second kappa shape index (κ2) is 8.30. The molecule has 2 amide bonds. The average Bonchev–Trinajstić information content (AvgIpc) is 2.26. The molecule has 0 aromatic carbocycles. The van der Waals surface area contributed by atoms with Crippen molar-refractivity contribution in [2.24, 2.45) is 0 Å². The van der Waals surface area contributed by atoms with Gasteiger partial charge in [-0.05, 0) is 20.9 Å². The van der Waals surface area contributed by atoms with Crippen LogP contribution in [0.15, 0.2) is 0 Å². The highest BCUT2D eigenvalue weighted by Gasteiger charge is 2.22. The number of carbonyl (C=O) groups excluding carboxylic acids is 1. The molecule has 0 aliphatic heterocycles. The minimum absolute atomic E-state index is 0.337. The van der Waals surface area contributed by atoms with Crippen LogP contribution in [0.1, 0.15) is 20.3 Å². The SMILES string of the molecule is CC(C)N(C)CCNC(=O)N[C@H](CC(=O)O)C(=O)O. The highest BCUT2D eigenvalue weighted by molar-refractivity contribution is 5.86. The molecule has 0 fully saturated rings. The Labute approximate surface area is 111 Å². The summed E-state index contributed by atoms with van der Waals surface area (Å²) in [6.45, 7) is 4.97. The number of likely N-dealkylation sites (N-methyl/N-ethyl adjacent to an activating group) is 1. The molecule has 8 nitrogen and oxygen atoms in total. The van der Waals surface area contributed by atoms with E-state index in [1.54, 1.807) is 0 Å². The van der Waals surface area contributed by atoms with Crippen molar-refractivity contribution in [1.82, 2.24) is 15.5 Å². The molecule has 0 radical (unpaired) electrons. The molecule has 0 saturated carbocycles. The van der Waals surface area contributed by atoms with E-state index in [-0.39, 0.29) is 0 Å². The van der Waals surface area contributed by atoms with Crippen LogP contribution in [0, 0.1) is 0 Å². The summed E-state index contributed by atoms with van der Waals surface area (Å²) in [6, 6.07) is -1.78. The van der Waals surface area contributed by atoms with Crippen molar-refractivity contribution in [3.05, 3.63) is 0 Å². The zero-order valence-electron chi connectivity index (χ0n) is 11.3. The van der Waals surface area contributed by atoms with Crippen LogP contribution in [0.5, 0.6) is 0 Å². The van der Waals surface area contributed by atoms with Gasteiger partial charge in [0.1, 0.15) is 6.04 Å². The summed E-state index contributed by atoms with van der Waals surface area (Å²) in [5, 5.41) is 21.8. The Hall–Kier alpha value is -1.83. The monoisotopic (exact) mass is 275 g/mol. The lowest BCUT2D eigenvalue weighted by atomic mass is 10.2. The van der Waals surface area contributed by atoms with E-state index >= 15 is 0 Å². The average molecular weight is 275 g/mol. The highest BCUT2D eigenvalue weighted by Crippen LogP contribution is 1.93. The first-order valence-electron chi connectivity index (χ1n) is 5.93. The van der Waals surface area contributed by atoms with Gasteiger partial charge in [-0.15, -0.1) is 0 Å². The van der Waals surface area contributed by atoms with Crippen LogP contribution in [0.4, 0.5) is 4.79 Å². The topological polar surface area (TPSA) is 119 Å². The van der Waals surface area contributed by atoms with E-state index in [1.807, 2.05) is 25.8 Å². The molecular weight excluding hydrogens is 254 g/mol. The second-order valence-electron chi connectivity index (χ2n) is 4.46. The first-order valence-corrected chi connectivity index (χ1v) is 5.93. The van der Waals surface area contributed by atoms with Crippen molar-refractivity contribution in [1.29, 1.82) is 0 Å². The number of hydrogen-bond acceptors (Lipinski definition) is 4. The van der Waals surface area contributed by atoms with E-state index in [4.69, 9.17) is 10.2 Å². The van der Waals surface area contributed by atoms with Crippen molar-refractivity contribution in [3.8, 4) is 0 Å². The Morgan fingerprint density at radius 1 is 1.21 bits per heavy atom. The second-order valence-corrected chi connectivity index (χ2v) is 4.46. The molecule has 0 spiro atoms. The number of amides is 2. The van der Waals surface area contributed by atoms with Crippen LogP contribution in [0.2, 0.25) is 0 Å². The number of rotatable bonds is 8. The maximum absolute atomic E-state index is 11.4. The third-order valence-electron chi connectivity index (χ3n) is 2.61. The Morgan fingerprint density at radius 2 is 1.79 bits per heavy atom. The number of hydrogen-bond donors (Lipinski definition) is 4. The van der Waals surface area contributed by atoms with E-state index < -0.39 is 30.4 Å². The number of nitrogens with one attached hydrogen (secondary N) is 2. The largest absolute Gasteiger partial charge is 0.481 e. The molecule has 0 saturated heterocycles. The Morgan fingerprint density at radius 3 is 2.21 bits per heavy atom. The van der Waals surface area contributed by atoms with Crippen LogP contribution in [0.25, 0.3) is 0 Å². The van der Waals surface area contributed by atoms with E-state index in [2.05, 4.69) is 10.6 Å². The molecule has 0 aliphatic rings. The molecule has 0 aromatic heterocycles.